The van der Waals surface area contributed by atoms with E-state index >= 15 is 0 Å². The second-order valence-electron chi connectivity index (χ2n) is 11.5. The molecule has 10 heteroatoms. The van der Waals surface area contributed by atoms with E-state index in [1.807, 2.05) is 36.4 Å². The van der Waals surface area contributed by atoms with Crippen molar-refractivity contribution in [3.8, 4) is 11.1 Å². The number of nitrogens with one attached hydrogen (secondary N) is 1. The summed E-state index contributed by atoms with van der Waals surface area (Å²) in [5.74, 6) is -0.562. The average Bonchev–Trinajstić information content (AvgIpc) is 3.60. The maximum atomic E-state index is 13.7. The Morgan fingerprint density at radius 1 is 0.957 bits per heavy atom. The fourth-order valence-corrected chi connectivity index (χ4v) is 7.31. The minimum absolute atomic E-state index is 0.114. The summed E-state index contributed by atoms with van der Waals surface area (Å²) in [6.45, 7) is 4.80. The smallest absolute Gasteiger partial charge is 0.264 e. The first-order chi connectivity index (χ1) is 22.0. The van der Waals surface area contributed by atoms with Crippen molar-refractivity contribution in [2.75, 3.05) is 24.4 Å². The first-order valence-corrected chi connectivity index (χ1v) is 17.0. The summed E-state index contributed by atoms with van der Waals surface area (Å²) in [6, 6.07) is 21.2. The van der Waals surface area contributed by atoms with Crippen molar-refractivity contribution in [1.29, 1.82) is 0 Å². The molecule has 0 aliphatic carbocycles. The highest BCUT2D eigenvalue weighted by molar-refractivity contribution is 7.92. The molecular weight excluding hydrogens is 620 g/mol. The largest absolute Gasteiger partial charge is 0.341 e. The van der Waals surface area contributed by atoms with Crippen LogP contribution in [0.25, 0.3) is 17.2 Å². The third-order valence-electron chi connectivity index (χ3n) is 8.22. The van der Waals surface area contributed by atoms with Crippen molar-refractivity contribution in [3.05, 3.63) is 119 Å². The molecule has 0 spiro atoms. The van der Waals surface area contributed by atoms with Crippen LogP contribution in [0, 0.1) is 13.8 Å². The van der Waals surface area contributed by atoms with Gasteiger partial charge in [0.1, 0.15) is 6.04 Å². The number of carbonyl (C=O) groups excluding carboxylic acids is 2. The molecule has 1 fully saturated rings. The number of sulfonamides is 1. The molecule has 1 aromatic heterocycles. The van der Waals surface area contributed by atoms with Gasteiger partial charge < -0.3 is 10.2 Å². The number of likely N-dealkylation sites (tertiary alicyclic amines) is 1. The zero-order valence-corrected chi connectivity index (χ0v) is 27.7. The van der Waals surface area contributed by atoms with Gasteiger partial charge in [-0.15, -0.1) is 0 Å². The molecule has 2 amide bonds. The summed E-state index contributed by atoms with van der Waals surface area (Å²) in [6.07, 6.45) is 8.61. The summed E-state index contributed by atoms with van der Waals surface area (Å²) < 4.78 is 28.5. The molecule has 0 unspecified atom stereocenters. The van der Waals surface area contributed by atoms with Crippen LogP contribution >= 0.6 is 11.6 Å². The van der Waals surface area contributed by atoms with Crippen LogP contribution in [0.2, 0.25) is 5.02 Å². The molecule has 238 valence electrons. The predicted octanol–water partition coefficient (Wildman–Crippen LogP) is 6.21. The lowest BCUT2D eigenvalue weighted by Crippen LogP contribution is -2.48. The molecule has 5 rings (SSSR count). The van der Waals surface area contributed by atoms with Gasteiger partial charge in [-0.25, -0.2) is 8.42 Å². The molecule has 46 heavy (non-hydrogen) atoms. The number of carbonyl (C=O) groups is 2. The van der Waals surface area contributed by atoms with Crippen LogP contribution in [-0.2, 0) is 26.0 Å². The summed E-state index contributed by atoms with van der Waals surface area (Å²) in [4.78, 5) is 32.8. The van der Waals surface area contributed by atoms with Gasteiger partial charge >= 0.3 is 0 Å². The average molecular weight is 657 g/mol. The van der Waals surface area contributed by atoms with Crippen molar-refractivity contribution in [2.24, 2.45) is 0 Å². The molecule has 0 bridgehead atoms. The lowest BCUT2D eigenvalue weighted by molar-refractivity contribution is -0.134. The van der Waals surface area contributed by atoms with Crippen LogP contribution in [0.3, 0.4) is 0 Å². The molecule has 1 saturated heterocycles. The number of aromatic nitrogens is 1. The Morgan fingerprint density at radius 2 is 1.61 bits per heavy atom. The summed E-state index contributed by atoms with van der Waals surface area (Å²) >= 11 is 6.21. The molecule has 4 aromatic rings. The van der Waals surface area contributed by atoms with Crippen molar-refractivity contribution in [1.82, 2.24) is 15.2 Å². The first kappa shape index (κ1) is 32.9. The van der Waals surface area contributed by atoms with E-state index in [1.54, 1.807) is 73.6 Å². The predicted molar refractivity (Wildman–Crippen MR) is 183 cm³/mol. The number of benzene rings is 3. The lowest BCUT2D eigenvalue weighted by atomic mass is 10.0. The SMILES string of the molecule is Cc1cc(S(=O)(=O)N(C)c2ccccc2/C=C/C(=O)N[C@H](Cc2ccc(-c3ccncc3)cc2)C(=O)N2CCCC2)c(C)cc1Cl. The normalized spacial score (nSPS) is 14.0. The van der Waals surface area contributed by atoms with Gasteiger partial charge in [0.05, 0.1) is 10.6 Å². The molecule has 1 atom stereocenters. The van der Waals surface area contributed by atoms with Gasteiger partial charge in [0, 0.05) is 50.1 Å². The molecule has 0 radical (unpaired) electrons. The number of rotatable bonds is 10. The Morgan fingerprint density at radius 3 is 2.30 bits per heavy atom. The molecule has 8 nitrogen and oxygen atoms in total. The molecule has 3 aromatic carbocycles. The van der Waals surface area contributed by atoms with Gasteiger partial charge in [0.25, 0.3) is 10.0 Å². The number of para-hydroxylation sites is 1. The maximum Gasteiger partial charge on any atom is 0.264 e. The molecule has 0 saturated carbocycles. The summed E-state index contributed by atoms with van der Waals surface area (Å²) in [5.41, 5.74) is 5.13. The van der Waals surface area contributed by atoms with Crippen molar-refractivity contribution in [2.45, 2.75) is 44.0 Å². The van der Waals surface area contributed by atoms with Crippen molar-refractivity contribution < 1.29 is 18.0 Å². The first-order valence-electron chi connectivity index (χ1n) is 15.2. The zero-order chi connectivity index (χ0) is 32.8. The second kappa shape index (κ2) is 14.3. The molecular formula is C36H37ClN4O4S. The highest BCUT2D eigenvalue weighted by Crippen LogP contribution is 2.30. The van der Waals surface area contributed by atoms with Crippen LogP contribution in [0.1, 0.15) is 35.1 Å². The van der Waals surface area contributed by atoms with Crippen LogP contribution in [0.15, 0.2) is 96.2 Å². The Labute approximate surface area is 275 Å². The van der Waals surface area contributed by atoms with Crippen LogP contribution in [-0.4, -0.2) is 56.3 Å². The van der Waals surface area contributed by atoms with Gasteiger partial charge in [-0.05, 0) is 96.5 Å². The van der Waals surface area contributed by atoms with Gasteiger partial charge in [0.15, 0.2) is 0 Å². The van der Waals surface area contributed by atoms with E-state index in [0.29, 0.717) is 46.9 Å². The number of aryl methyl sites for hydroxylation is 2. The standard InChI is InChI=1S/C36H37ClN4O4S/c1-25-23-34(26(2)22-31(25)37)46(44,45)40(3)33-9-5-4-8-30(33)14-15-35(42)39-32(36(43)41-20-6-7-21-41)24-27-10-12-28(13-11-27)29-16-18-38-19-17-29/h4-5,8-19,22-23,32H,6-7,20-21,24H2,1-3H3,(H,39,42)/b15-14+/t32-/m1/s1. The summed E-state index contributed by atoms with van der Waals surface area (Å²) in [5, 5.41) is 3.41. The Kier molecular flexibility index (Phi) is 10.2. The number of hydrogen-bond donors (Lipinski definition) is 1. The van der Waals surface area contributed by atoms with E-state index in [0.717, 1.165) is 29.5 Å². The number of amides is 2. The van der Waals surface area contributed by atoms with E-state index < -0.39 is 22.0 Å². The topological polar surface area (TPSA) is 99.7 Å². The zero-order valence-electron chi connectivity index (χ0n) is 26.1. The van der Waals surface area contributed by atoms with Crippen LogP contribution in [0.4, 0.5) is 5.69 Å². The number of anilines is 1. The minimum Gasteiger partial charge on any atom is -0.341 e. The quantitative estimate of drug-likeness (QED) is 0.205. The lowest BCUT2D eigenvalue weighted by Gasteiger charge is -2.24. The molecule has 2 heterocycles. The van der Waals surface area contributed by atoms with E-state index in [-0.39, 0.29) is 10.8 Å². The third-order valence-corrected chi connectivity index (χ3v) is 10.5. The number of hydrogen-bond acceptors (Lipinski definition) is 5. The Balaban J connectivity index is 1.35. The van der Waals surface area contributed by atoms with E-state index in [4.69, 9.17) is 11.6 Å². The number of nitrogens with zero attached hydrogens (tertiary/aromatic N) is 3. The molecule has 1 N–H and O–H groups in total. The monoisotopic (exact) mass is 656 g/mol. The van der Waals surface area contributed by atoms with Crippen LogP contribution < -0.4 is 9.62 Å². The Hall–Kier alpha value is -4.47. The molecule has 1 aliphatic heterocycles. The summed E-state index contributed by atoms with van der Waals surface area (Å²) in [7, 11) is -2.45. The van der Waals surface area contributed by atoms with E-state index in [1.165, 1.54) is 17.4 Å². The van der Waals surface area contributed by atoms with Crippen molar-refractivity contribution >= 4 is 45.2 Å². The Bertz CT molecular complexity index is 1860. The fraction of sp³-hybridized carbons (Fsp3) is 0.250. The molecule has 1 aliphatic rings. The van der Waals surface area contributed by atoms with Crippen LogP contribution in [0.5, 0.6) is 0 Å². The maximum absolute atomic E-state index is 13.7. The van der Waals surface area contributed by atoms with Gasteiger partial charge in [-0.3, -0.25) is 18.9 Å². The second-order valence-corrected chi connectivity index (χ2v) is 13.8. The fourth-order valence-electron chi connectivity index (χ4n) is 5.58. The highest BCUT2D eigenvalue weighted by atomic mass is 35.5. The third kappa shape index (κ3) is 7.49. The van der Waals surface area contributed by atoms with Gasteiger partial charge in [0.2, 0.25) is 11.8 Å². The number of pyridine rings is 1. The van der Waals surface area contributed by atoms with E-state index in [9.17, 15) is 18.0 Å². The minimum atomic E-state index is -3.93. The number of halogens is 1. The van der Waals surface area contributed by atoms with Gasteiger partial charge in [-0.1, -0.05) is 54.1 Å². The van der Waals surface area contributed by atoms with Crippen molar-refractivity contribution in [3.63, 3.8) is 0 Å². The van der Waals surface area contributed by atoms with Gasteiger partial charge in [-0.2, -0.15) is 0 Å². The highest BCUT2D eigenvalue weighted by Gasteiger charge is 2.28. The van der Waals surface area contributed by atoms with E-state index in [2.05, 4.69) is 10.3 Å².